The maximum absolute atomic E-state index is 13.7. The number of ether oxygens (including phenoxy) is 9. The second-order valence-corrected chi connectivity index (χ2v) is 22.1. The Bertz CT molecular complexity index is 6070. The molecule has 6 aromatic carbocycles. The molecule has 7 N–H and O–H groups in total. The van der Waals surface area contributed by atoms with Gasteiger partial charge in [-0.15, -0.1) is 0 Å². The van der Waals surface area contributed by atoms with E-state index in [0.29, 0.717) is 36.2 Å². The van der Waals surface area contributed by atoms with Crippen molar-refractivity contribution in [2.24, 2.45) is 11.5 Å². The molecule has 2 heterocycles. The van der Waals surface area contributed by atoms with Crippen molar-refractivity contribution in [3.8, 4) is 46.0 Å². The Balaban J connectivity index is -0.00000186. The van der Waals surface area contributed by atoms with Crippen molar-refractivity contribution >= 4 is 102 Å². The standard InChI is InChI=1S/C22H24N2O7S.2C12H19NO4S.C10H7NO4.C10H12O3.C2H4O2.4CH4.H2S/c1-5-31-19-11-14(9-10-18(19)30-3)17(12-32(4,28)29)24-21(26)15-7-6-8-16(23-13(2)25)20(15)22(24)27;2*1-4-17-12-7-9(5-6-11(12)16-2)10(13)8-18(3,14)15;1-5(12)11-7-4-2-3-6-8(7)10(14)15-9(6)13;1-3-13-10-6-8(7-11)4-5-9(10)12-2;1-2(3)4;;;;;/h6-11,17H,5,12H2,1-4H3,(H,23,25);2*5-7,10H,4,8,13H2,1-3H3;2-4H,1H3,(H,11,12);4-7H,3H2,1-2H3;1H3,(H,3,4);4*1H4;1H2/t17-;10-;;;;;;;;;/m11........./s1/i1D3,3D3,4D3,5D2,12D2;2*1D3,2D3,3D3,4D2,8D2;;1D3,2D3,3D2;;;;;;. The van der Waals surface area contributed by atoms with Crippen LogP contribution in [0.2, 0.25) is 0 Å². The summed E-state index contributed by atoms with van der Waals surface area (Å²) in [5, 5.41) is 12.2. The number of methoxy groups -OCH3 is 4. The normalized spacial score (nSPS) is 21.0. The van der Waals surface area contributed by atoms with Gasteiger partial charge in [0.25, 0.3) is 17.8 Å². The van der Waals surface area contributed by atoms with Crippen molar-refractivity contribution in [1.82, 2.24) is 4.90 Å². The number of nitrogens with two attached hydrogens (primary N) is 2. The Labute approximate surface area is 690 Å². The molecule has 3 atom stereocenters. The van der Waals surface area contributed by atoms with Gasteiger partial charge < -0.3 is 69.8 Å². The van der Waals surface area contributed by atoms with Crippen molar-refractivity contribution in [3.63, 3.8) is 0 Å². The molecule has 584 valence electrons. The number of nitrogens with one attached hydrogen (secondary N) is 2. The van der Waals surface area contributed by atoms with Gasteiger partial charge >= 0.3 is 11.9 Å². The molecule has 0 fully saturated rings. The predicted octanol–water partition coefficient (Wildman–Crippen LogP) is 10.3. The second-order valence-electron chi connectivity index (χ2n) is 18.4. The van der Waals surface area contributed by atoms with Gasteiger partial charge in [-0.3, -0.25) is 33.7 Å². The molecule has 8 rings (SSSR count). The van der Waals surface area contributed by atoms with E-state index in [1.807, 2.05) is 0 Å². The number of hydrogen-bond acceptors (Lipinski definition) is 25. The molecule has 6 aromatic rings. The number of carbonyl (C=O) groups is 8. The molecule has 33 heteroatoms. The van der Waals surface area contributed by atoms with Crippen LogP contribution in [0.4, 0.5) is 11.4 Å². The molecule has 0 bridgehead atoms. The van der Waals surface area contributed by atoms with Crippen molar-refractivity contribution in [2.75, 3.05) is 101 Å². The first kappa shape index (κ1) is 43.6. The van der Waals surface area contributed by atoms with Gasteiger partial charge in [0.2, 0.25) is 11.8 Å². The minimum atomic E-state index is -5.94. The zero-order valence-corrected chi connectivity index (χ0v) is 54.8. The van der Waals surface area contributed by atoms with Crippen molar-refractivity contribution < 1.29 is 176 Å². The van der Waals surface area contributed by atoms with Gasteiger partial charge in [0.05, 0.1) is 139 Å². The Morgan fingerprint density at radius 1 is 0.514 bits per heavy atom. The van der Waals surface area contributed by atoms with Crippen LogP contribution in [0.3, 0.4) is 0 Å². The number of esters is 2. The summed E-state index contributed by atoms with van der Waals surface area (Å²) in [6.07, 6.45) is -11.2. The molecule has 2 aliphatic heterocycles. The van der Waals surface area contributed by atoms with Crippen LogP contribution in [0, 0.1) is 0 Å². The quantitative estimate of drug-likeness (QED) is 0.0154. The zero-order chi connectivity index (χ0) is 115. The number of fused-ring (bicyclic) bond motifs is 2. The molecular formula is C72H103N5O24S4. The molecule has 0 spiro atoms. The summed E-state index contributed by atoms with van der Waals surface area (Å²) in [5.41, 5.74) is -2.09. The Morgan fingerprint density at radius 3 is 1.26 bits per heavy atom. The van der Waals surface area contributed by atoms with Crippen LogP contribution in [0.5, 0.6) is 46.0 Å². The topological polar surface area (TPSA) is 422 Å². The highest BCUT2D eigenvalue weighted by atomic mass is 32.2. The Kier molecular flexibility index (Phi) is 19.4. The average Bonchev–Trinajstić information content (AvgIpc) is 1.50. The van der Waals surface area contributed by atoms with E-state index in [-0.39, 0.29) is 76.4 Å². The summed E-state index contributed by atoms with van der Waals surface area (Å²) in [6, 6.07) is 11.1. The summed E-state index contributed by atoms with van der Waals surface area (Å²) >= 11 is 0. The van der Waals surface area contributed by atoms with Gasteiger partial charge in [-0.05, 0) is 123 Å². The summed E-state index contributed by atoms with van der Waals surface area (Å²) in [4.78, 5) is 92.1. The molecule has 0 radical (unpaired) electrons. The fraction of sp³-hybridized carbons (Fsp3) is 0.389. The SMILES string of the molecule is C.C.C.C.CC(=O)Nc1cccc2c1C(=O)OC2=O.CC(=O)O.S.[2H]C([2H])([2H])Oc1ccc(C(N)C([2H])([2H])S(=O)(=O)C([2H])([2H])[2H])cc1OC([2H])([2H])C([2H])([2H])[2H].[2H]C([2H])([2H])Oc1ccc(C=O)cc1OC([2H])([2H])C([2H])([2H])[2H].[2H]C([2H])([2H])Oc1ccc([C@H](N)C([2H])([2H])S(=O)(=O)C([2H])([2H])[2H])cc1OC([2H])([2H])C([2H])([2H])[2H].[2H]C([2H])([2H])Oc1ccc([C@H](N2C(=O)c3cccc(NC(C)=O)c3C2=O)C([2H])([2H])S(=O)(=O)C([2H])([2H])[2H])cc1OC([2H])([2H])C([2H])([2H])[2H]. The lowest BCUT2D eigenvalue weighted by Gasteiger charge is -2.27. The minimum Gasteiger partial charge on any atom is -0.493 e. The van der Waals surface area contributed by atoms with E-state index in [2.05, 4.69) is 29.6 Å². The van der Waals surface area contributed by atoms with Crippen LogP contribution in [0.25, 0.3) is 0 Å². The number of carboxylic acids is 1. The predicted molar refractivity (Wildman–Crippen MR) is 410 cm³/mol. The van der Waals surface area contributed by atoms with Gasteiger partial charge in [0, 0.05) is 94.0 Å². The van der Waals surface area contributed by atoms with E-state index in [9.17, 15) is 58.8 Å². The van der Waals surface area contributed by atoms with Gasteiger partial charge in [-0.1, -0.05) is 60.0 Å². The number of carbonyl (C=O) groups excluding carboxylic acids is 7. The Morgan fingerprint density at radius 2 is 0.876 bits per heavy atom. The van der Waals surface area contributed by atoms with Crippen LogP contribution < -0.4 is 60.0 Å². The number of hydrogen-bond donors (Lipinski definition) is 5. The molecular weight excluding hydrogens is 1450 g/mol. The summed E-state index contributed by atoms with van der Waals surface area (Å²) in [5.74, 6) is -11.8. The molecule has 0 saturated carbocycles. The summed E-state index contributed by atoms with van der Waals surface area (Å²) in [7, 11) is -29.1. The maximum Gasteiger partial charge on any atom is 0.349 e. The van der Waals surface area contributed by atoms with Gasteiger partial charge in [0.1, 0.15) is 35.8 Å². The number of sulfone groups is 3. The number of aliphatic carboxylic acids is 1. The molecule has 29 nitrogen and oxygen atoms in total. The van der Waals surface area contributed by atoms with E-state index in [0.717, 1.165) is 62.4 Å². The molecule has 0 saturated heterocycles. The van der Waals surface area contributed by atoms with Gasteiger partial charge in [0.15, 0.2) is 46.0 Å². The van der Waals surface area contributed by atoms with Gasteiger partial charge in [-0.25, -0.2) is 34.8 Å². The zero-order valence-electron chi connectivity index (χ0n) is 98.4. The van der Waals surface area contributed by atoms with E-state index in [1.54, 1.807) is 12.1 Å². The van der Waals surface area contributed by atoms with E-state index >= 15 is 0 Å². The van der Waals surface area contributed by atoms with E-state index in [1.165, 1.54) is 31.2 Å². The third kappa shape index (κ3) is 31.6. The highest BCUT2D eigenvalue weighted by Crippen LogP contribution is 2.39. The van der Waals surface area contributed by atoms with Crippen molar-refractivity contribution in [3.05, 3.63) is 154 Å². The molecule has 4 amide bonds. The highest BCUT2D eigenvalue weighted by molar-refractivity contribution is 7.91. The number of benzene rings is 6. The largest absolute Gasteiger partial charge is 0.493 e. The third-order valence-electron chi connectivity index (χ3n) is 11.5. The number of aldehydes is 1. The van der Waals surface area contributed by atoms with Crippen LogP contribution in [-0.4, -0.2) is 173 Å². The first-order valence-corrected chi connectivity index (χ1v) is 30.6. The van der Waals surface area contributed by atoms with Crippen molar-refractivity contribution in [2.45, 2.75) is 96.0 Å². The number of rotatable bonds is 25. The minimum absolute atomic E-state index is 0. The second kappa shape index (κ2) is 46.8. The fourth-order valence-corrected chi connectivity index (χ4v) is 9.23. The first-order chi connectivity index (χ1) is 65.2. The number of amides is 4. The van der Waals surface area contributed by atoms with Crippen LogP contribution in [0.15, 0.2) is 109 Å². The number of anilines is 2. The lowest BCUT2D eigenvalue weighted by atomic mass is 10.1. The number of nitrogens with zero attached hydrogens (tertiary/aromatic N) is 1. The fourth-order valence-electron chi connectivity index (χ4n) is 7.75. The molecule has 0 aliphatic carbocycles. The average molecular weight is 1600 g/mol. The smallest absolute Gasteiger partial charge is 0.349 e. The van der Waals surface area contributed by atoms with Crippen molar-refractivity contribution in [1.29, 1.82) is 0 Å². The summed E-state index contributed by atoms with van der Waals surface area (Å²) < 4.78 is 462. The van der Waals surface area contributed by atoms with Crippen LogP contribution in [0.1, 0.15) is 229 Å². The Hall–Kier alpha value is -9.80. The lowest BCUT2D eigenvalue weighted by Crippen LogP contribution is -2.37. The maximum atomic E-state index is 13.7. The van der Waals surface area contributed by atoms with E-state index < -0.39 is 275 Å². The first-order valence-electron chi connectivity index (χ1n) is 49.6. The highest BCUT2D eigenvalue weighted by Gasteiger charge is 2.43. The van der Waals surface area contributed by atoms with Gasteiger partial charge in [-0.2, -0.15) is 13.5 Å². The number of cyclic esters (lactones) is 2. The summed E-state index contributed by atoms with van der Waals surface area (Å²) in [6.45, 7) is -23.2. The molecule has 105 heavy (non-hydrogen) atoms. The van der Waals surface area contributed by atoms with Crippen LogP contribution >= 0.6 is 13.5 Å². The lowest BCUT2D eigenvalue weighted by molar-refractivity contribution is -0.134. The number of carboxylic acid groups (broad SMARTS) is 1. The van der Waals surface area contributed by atoms with E-state index in [4.69, 9.17) is 109 Å². The number of imide groups is 1. The molecule has 1 unspecified atom stereocenters. The third-order valence-corrected chi connectivity index (χ3v) is 13.1. The molecule has 2 aliphatic rings. The monoisotopic (exact) mass is 1600 g/mol. The molecule has 0 aromatic heterocycles. The van der Waals surface area contributed by atoms with Crippen LogP contribution in [-0.2, 0) is 48.6 Å².